The Hall–Kier alpha value is -0.660. The fraction of sp³-hybridized carbons (Fsp3) is 0.909. The van der Waals surface area contributed by atoms with Crippen molar-refractivity contribution in [2.24, 2.45) is 0 Å². The predicted octanol–water partition coefficient (Wildman–Crippen LogP) is 0.894. The van der Waals surface area contributed by atoms with Gasteiger partial charge in [0.25, 0.3) is 10.2 Å². The van der Waals surface area contributed by atoms with Crippen LogP contribution in [-0.2, 0) is 19.7 Å². The maximum atomic E-state index is 11.9. The summed E-state index contributed by atoms with van der Waals surface area (Å²) in [6.07, 6.45) is 2.87. The Morgan fingerprint density at radius 2 is 2.06 bits per heavy atom. The molecule has 1 atom stereocenters. The number of rotatable bonds is 9. The molecule has 0 aromatic rings. The Balaban J connectivity index is 4.22. The molecule has 0 aliphatic carbocycles. The second-order valence-electron chi connectivity index (χ2n) is 4.31. The Labute approximate surface area is 110 Å². The molecule has 0 rings (SSSR count). The van der Waals surface area contributed by atoms with Crippen LogP contribution in [0.3, 0.4) is 0 Å². The molecule has 0 aliphatic heterocycles. The Morgan fingerprint density at radius 3 is 2.56 bits per heavy atom. The van der Waals surface area contributed by atoms with Crippen LogP contribution >= 0.6 is 0 Å². The number of carbonyl (C=O) groups excluding carboxylic acids is 1. The third-order valence-corrected chi connectivity index (χ3v) is 4.31. The van der Waals surface area contributed by atoms with Gasteiger partial charge in [-0.25, -0.2) is 0 Å². The van der Waals surface area contributed by atoms with Crippen molar-refractivity contribution < 1.29 is 17.9 Å². The molecule has 0 saturated heterocycles. The van der Waals surface area contributed by atoms with E-state index in [2.05, 4.69) is 16.4 Å². The van der Waals surface area contributed by atoms with Crippen molar-refractivity contribution in [2.75, 3.05) is 20.7 Å². The van der Waals surface area contributed by atoms with Crippen LogP contribution < -0.4 is 4.72 Å². The van der Waals surface area contributed by atoms with Gasteiger partial charge in [-0.1, -0.05) is 19.8 Å². The average Bonchev–Trinajstić information content (AvgIpc) is 2.32. The van der Waals surface area contributed by atoms with Gasteiger partial charge in [-0.15, -0.1) is 0 Å². The van der Waals surface area contributed by atoms with E-state index in [-0.39, 0.29) is 19.0 Å². The molecule has 0 aromatic carbocycles. The summed E-state index contributed by atoms with van der Waals surface area (Å²) < 4.78 is 31.9. The minimum Gasteiger partial charge on any atom is -0.469 e. The van der Waals surface area contributed by atoms with E-state index in [1.807, 2.05) is 6.92 Å². The zero-order valence-corrected chi connectivity index (χ0v) is 12.4. The van der Waals surface area contributed by atoms with E-state index in [4.69, 9.17) is 0 Å². The lowest BCUT2D eigenvalue weighted by atomic mass is 10.2. The van der Waals surface area contributed by atoms with Gasteiger partial charge in [-0.05, 0) is 13.3 Å². The molecule has 0 spiro atoms. The third-order valence-electron chi connectivity index (χ3n) is 2.61. The minimum absolute atomic E-state index is 0.0528. The second kappa shape index (κ2) is 8.44. The SMILES string of the molecule is CCCCC(C)NS(=O)(=O)N(C)CCC(=O)OC. The number of methoxy groups -OCH3 is 1. The van der Waals surface area contributed by atoms with Gasteiger partial charge in [-0.3, -0.25) is 4.79 Å². The molecule has 0 radical (unpaired) electrons. The number of hydrogen-bond acceptors (Lipinski definition) is 4. The summed E-state index contributed by atoms with van der Waals surface area (Å²) in [7, 11) is -0.796. The molecule has 0 amide bonds. The van der Waals surface area contributed by atoms with Crippen LogP contribution in [0.5, 0.6) is 0 Å². The fourth-order valence-corrected chi connectivity index (χ4v) is 2.52. The summed E-state index contributed by atoms with van der Waals surface area (Å²) in [5.74, 6) is -0.420. The first-order valence-electron chi connectivity index (χ1n) is 6.13. The minimum atomic E-state index is -3.52. The van der Waals surface area contributed by atoms with Crippen molar-refractivity contribution in [3.63, 3.8) is 0 Å². The van der Waals surface area contributed by atoms with E-state index in [0.29, 0.717) is 0 Å². The Bertz CT molecular complexity index is 343. The van der Waals surface area contributed by atoms with Gasteiger partial charge in [0.05, 0.1) is 13.5 Å². The van der Waals surface area contributed by atoms with E-state index < -0.39 is 16.2 Å². The molecule has 108 valence electrons. The summed E-state index contributed by atoms with van der Waals surface area (Å²) in [6.45, 7) is 4.01. The number of ether oxygens (including phenoxy) is 1. The van der Waals surface area contributed by atoms with Crippen molar-refractivity contribution in [3.8, 4) is 0 Å². The first kappa shape index (κ1) is 17.3. The summed E-state index contributed by atoms with van der Waals surface area (Å²) in [5, 5.41) is 0. The van der Waals surface area contributed by atoms with Gasteiger partial charge in [0, 0.05) is 19.6 Å². The molecule has 0 bridgehead atoms. The van der Waals surface area contributed by atoms with Gasteiger partial charge in [0.2, 0.25) is 0 Å². The number of nitrogens with zero attached hydrogens (tertiary/aromatic N) is 1. The zero-order valence-electron chi connectivity index (χ0n) is 11.6. The highest BCUT2D eigenvalue weighted by molar-refractivity contribution is 7.87. The monoisotopic (exact) mass is 280 g/mol. The Kier molecular flexibility index (Phi) is 8.13. The van der Waals surface area contributed by atoms with E-state index in [9.17, 15) is 13.2 Å². The number of hydrogen-bond donors (Lipinski definition) is 1. The number of unbranched alkanes of at least 4 members (excludes halogenated alkanes) is 1. The summed E-state index contributed by atoms with van der Waals surface area (Å²) in [4.78, 5) is 10.9. The van der Waals surface area contributed by atoms with Crippen LogP contribution in [-0.4, -0.2) is 45.4 Å². The highest BCUT2D eigenvalue weighted by Crippen LogP contribution is 2.04. The third kappa shape index (κ3) is 6.93. The highest BCUT2D eigenvalue weighted by atomic mass is 32.2. The van der Waals surface area contributed by atoms with Crippen LogP contribution in [0.4, 0.5) is 0 Å². The molecule has 1 unspecified atom stereocenters. The highest BCUT2D eigenvalue weighted by Gasteiger charge is 2.20. The van der Waals surface area contributed by atoms with Crippen molar-refractivity contribution in [3.05, 3.63) is 0 Å². The lowest BCUT2D eigenvalue weighted by molar-refractivity contribution is -0.140. The van der Waals surface area contributed by atoms with Gasteiger partial charge >= 0.3 is 5.97 Å². The van der Waals surface area contributed by atoms with E-state index in [1.54, 1.807) is 0 Å². The molecule has 18 heavy (non-hydrogen) atoms. The van der Waals surface area contributed by atoms with Crippen molar-refractivity contribution in [1.29, 1.82) is 0 Å². The molecule has 0 fully saturated rings. The van der Waals surface area contributed by atoms with Gasteiger partial charge in [0.1, 0.15) is 0 Å². The van der Waals surface area contributed by atoms with Gasteiger partial charge < -0.3 is 4.74 Å². The largest absolute Gasteiger partial charge is 0.469 e. The molecular weight excluding hydrogens is 256 g/mol. The molecular formula is C11H24N2O4S. The molecule has 1 N–H and O–H groups in total. The standard InChI is InChI=1S/C11H24N2O4S/c1-5-6-7-10(2)12-18(15,16)13(3)9-8-11(14)17-4/h10,12H,5-9H2,1-4H3. The second-order valence-corrected chi connectivity index (χ2v) is 6.12. The van der Waals surface area contributed by atoms with Crippen molar-refractivity contribution in [1.82, 2.24) is 9.03 Å². The summed E-state index contributed by atoms with van der Waals surface area (Å²) >= 11 is 0. The summed E-state index contributed by atoms with van der Waals surface area (Å²) in [5.41, 5.74) is 0. The number of esters is 1. The van der Waals surface area contributed by atoms with Crippen LogP contribution in [0.1, 0.15) is 39.5 Å². The smallest absolute Gasteiger partial charge is 0.306 e. The molecule has 0 saturated carbocycles. The van der Waals surface area contributed by atoms with E-state index in [1.165, 1.54) is 14.2 Å². The van der Waals surface area contributed by atoms with Gasteiger partial charge in [-0.2, -0.15) is 17.4 Å². The van der Waals surface area contributed by atoms with E-state index in [0.717, 1.165) is 23.6 Å². The molecule has 6 nitrogen and oxygen atoms in total. The first-order valence-corrected chi connectivity index (χ1v) is 7.57. The quantitative estimate of drug-likeness (QED) is 0.637. The van der Waals surface area contributed by atoms with Gasteiger partial charge in [0.15, 0.2) is 0 Å². The first-order chi connectivity index (χ1) is 8.33. The van der Waals surface area contributed by atoms with Crippen molar-refractivity contribution >= 4 is 16.2 Å². The topological polar surface area (TPSA) is 75.7 Å². The lowest BCUT2D eigenvalue weighted by Crippen LogP contribution is -2.43. The maximum Gasteiger partial charge on any atom is 0.306 e. The van der Waals surface area contributed by atoms with Crippen LogP contribution in [0.25, 0.3) is 0 Å². The van der Waals surface area contributed by atoms with E-state index >= 15 is 0 Å². The molecule has 0 heterocycles. The normalized spacial score (nSPS) is 13.6. The molecule has 0 aliphatic rings. The average molecular weight is 280 g/mol. The zero-order chi connectivity index (χ0) is 14.2. The van der Waals surface area contributed by atoms with Crippen LogP contribution in [0, 0.1) is 0 Å². The molecule has 7 heteroatoms. The summed E-state index contributed by atoms with van der Waals surface area (Å²) in [6, 6.07) is -0.101. The molecule has 0 aromatic heterocycles. The van der Waals surface area contributed by atoms with Crippen LogP contribution in [0.15, 0.2) is 0 Å². The van der Waals surface area contributed by atoms with Crippen LogP contribution in [0.2, 0.25) is 0 Å². The maximum absolute atomic E-state index is 11.9. The number of nitrogens with one attached hydrogen (secondary N) is 1. The van der Waals surface area contributed by atoms with Crippen molar-refractivity contribution in [2.45, 2.75) is 45.6 Å². The fourth-order valence-electron chi connectivity index (χ4n) is 1.38. The number of carbonyl (C=O) groups is 1. The Morgan fingerprint density at radius 1 is 1.44 bits per heavy atom. The lowest BCUT2D eigenvalue weighted by Gasteiger charge is -2.20. The predicted molar refractivity (Wildman–Crippen MR) is 70.3 cm³/mol.